The number of halogens is 2. The number of hydrogen-bond donors (Lipinski definition) is 3. The normalized spacial score (nSPS) is 27.8. The smallest absolute Gasteiger partial charge is 0.322 e. The highest BCUT2D eigenvalue weighted by molar-refractivity contribution is 6.31. The number of carbonyl (C=O) groups is 1. The van der Waals surface area contributed by atoms with Crippen LogP contribution in [0.15, 0.2) is 42.5 Å². The first-order chi connectivity index (χ1) is 16.9. The average Bonchev–Trinajstić information content (AvgIpc) is 3.46. The minimum Gasteiger partial charge on any atom is -0.392 e. The van der Waals surface area contributed by atoms with Crippen molar-refractivity contribution in [3.05, 3.63) is 58.9 Å². The highest BCUT2D eigenvalue weighted by Gasteiger charge is 2.58. The molecule has 3 fully saturated rings. The van der Waals surface area contributed by atoms with Gasteiger partial charge in [0.1, 0.15) is 5.82 Å². The van der Waals surface area contributed by atoms with Gasteiger partial charge in [-0.2, -0.15) is 0 Å². The van der Waals surface area contributed by atoms with Crippen LogP contribution in [0.25, 0.3) is 0 Å². The number of anilines is 2. The van der Waals surface area contributed by atoms with Crippen molar-refractivity contribution < 1.29 is 14.3 Å². The zero-order chi connectivity index (χ0) is 24.6. The van der Waals surface area contributed by atoms with Crippen LogP contribution < -0.4 is 10.6 Å². The van der Waals surface area contributed by atoms with Crippen molar-refractivity contribution in [2.45, 2.75) is 49.7 Å². The summed E-state index contributed by atoms with van der Waals surface area (Å²) in [6.45, 7) is 2.82. The van der Waals surface area contributed by atoms with Crippen LogP contribution in [0.2, 0.25) is 5.02 Å². The Morgan fingerprint density at radius 3 is 2.83 bits per heavy atom. The van der Waals surface area contributed by atoms with Gasteiger partial charge in [-0.05, 0) is 79.3 Å². The van der Waals surface area contributed by atoms with Gasteiger partial charge in [0.25, 0.3) is 0 Å². The molecule has 2 aliphatic carbocycles. The van der Waals surface area contributed by atoms with Crippen molar-refractivity contribution >= 4 is 29.0 Å². The van der Waals surface area contributed by atoms with Crippen LogP contribution >= 0.6 is 11.6 Å². The Kier molecular flexibility index (Phi) is 6.93. The Bertz CT molecular complexity index is 1080. The Morgan fingerprint density at radius 1 is 1.26 bits per heavy atom. The number of benzene rings is 2. The Labute approximate surface area is 211 Å². The first kappa shape index (κ1) is 24.3. The van der Waals surface area contributed by atoms with Gasteiger partial charge in [-0.15, -0.1) is 0 Å². The number of fused-ring (bicyclic) bond motifs is 1. The van der Waals surface area contributed by atoms with Crippen molar-refractivity contribution in [2.75, 3.05) is 43.9 Å². The summed E-state index contributed by atoms with van der Waals surface area (Å²) in [5.41, 5.74) is 3.25. The lowest BCUT2D eigenvalue weighted by Crippen LogP contribution is -2.48. The number of nitrogens with zero attached hydrogens (tertiary/aromatic N) is 2. The Morgan fingerprint density at radius 2 is 2.11 bits per heavy atom. The van der Waals surface area contributed by atoms with E-state index in [1.54, 1.807) is 0 Å². The summed E-state index contributed by atoms with van der Waals surface area (Å²) in [6.07, 6.45) is 4.64. The number of rotatable bonds is 7. The summed E-state index contributed by atoms with van der Waals surface area (Å²) < 4.78 is 13.6. The molecule has 0 spiro atoms. The average molecular weight is 501 g/mol. The van der Waals surface area contributed by atoms with E-state index in [0.29, 0.717) is 24.7 Å². The second-order valence-electron chi connectivity index (χ2n) is 10.3. The molecule has 0 radical (unpaired) electrons. The molecule has 2 aromatic carbocycles. The van der Waals surface area contributed by atoms with Gasteiger partial charge in [0, 0.05) is 50.6 Å². The van der Waals surface area contributed by atoms with Gasteiger partial charge in [0.05, 0.1) is 11.1 Å². The van der Waals surface area contributed by atoms with Crippen molar-refractivity contribution in [2.24, 2.45) is 5.92 Å². The second kappa shape index (κ2) is 9.96. The molecule has 8 heteroatoms. The highest BCUT2D eigenvalue weighted by atomic mass is 35.5. The molecule has 3 N–H and O–H groups in total. The molecule has 2 saturated carbocycles. The minimum atomic E-state index is -0.506. The zero-order valence-electron chi connectivity index (χ0n) is 20.1. The lowest BCUT2D eigenvalue weighted by molar-refractivity contribution is 0.142. The Balaban J connectivity index is 1.29. The van der Waals surface area contributed by atoms with E-state index < -0.39 is 5.82 Å². The molecule has 188 valence electrons. The van der Waals surface area contributed by atoms with Crippen LogP contribution in [0, 0.1) is 11.7 Å². The topological polar surface area (TPSA) is 67.8 Å². The van der Waals surface area contributed by atoms with Crippen LogP contribution in [0.1, 0.15) is 37.7 Å². The predicted octanol–water partition coefficient (Wildman–Crippen LogP) is 4.93. The quantitative estimate of drug-likeness (QED) is 0.504. The summed E-state index contributed by atoms with van der Waals surface area (Å²) in [6, 6.07) is 12.9. The molecule has 5 rings (SSSR count). The number of urea groups is 1. The van der Waals surface area contributed by atoms with Crippen LogP contribution in [-0.2, 0) is 5.41 Å². The molecule has 1 aliphatic heterocycles. The third-order valence-corrected chi connectivity index (χ3v) is 8.51. The van der Waals surface area contributed by atoms with E-state index in [0.717, 1.165) is 50.9 Å². The molecule has 0 bridgehead atoms. The summed E-state index contributed by atoms with van der Waals surface area (Å²) >= 11 is 5.93. The lowest BCUT2D eigenvalue weighted by Gasteiger charge is -2.37. The van der Waals surface area contributed by atoms with Gasteiger partial charge in [-0.1, -0.05) is 23.7 Å². The van der Waals surface area contributed by atoms with Crippen LogP contribution in [0.3, 0.4) is 0 Å². The summed E-state index contributed by atoms with van der Waals surface area (Å²) in [5, 5.41) is 16.1. The van der Waals surface area contributed by atoms with Gasteiger partial charge >= 0.3 is 6.03 Å². The summed E-state index contributed by atoms with van der Waals surface area (Å²) in [7, 11) is 1.95. The van der Waals surface area contributed by atoms with Crippen LogP contribution in [0.4, 0.5) is 20.6 Å². The van der Waals surface area contributed by atoms with E-state index >= 15 is 0 Å². The predicted molar refractivity (Wildman–Crippen MR) is 138 cm³/mol. The summed E-state index contributed by atoms with van der Waals surface area (Å²) in [5.74, 6) is 0.0614. The van der Waals surface area contributed by atoms with E-state index in [9.17, 15) is 14.3 Å². The molecule has 0 aromatic heterocycles. The highest BCUT2D eigenvalue weighted by Crippen LogP contribution is 2.63. The number of amides is 2. The monoisotopic (exact) mass is 500 g/mol. The van der Waals surface area contributed by atoms with Crippen molar-refractivity contribution in [3.8, 4) is 0 Å². The Hall–Kier alpha value is -2.35. The van der Waals surface area contributed by atoms with E-state index in [-0.39, 0.29) is 28.6 Å². The zero-order valence-corrected chi connectivity index (χ0v) is 20.9. The lowest BCUT2D eigenvalue weighted by atomic mass is 9.80. The number of aliphatic hydroxyl groups is 1. The van der Waals surface area contributed by atoms with Crippen LogP contribution in [0.5, 0.6) is 0 Å². The first-order valence-electron chi connectivity index (χ1n) is 12.6. The SMILES string of the molecule is CNc1cccc([C@@]23CC[C@@H](N(CCN4CC[C@@H](O)C4)C(=O)Nc4ccc(F)c(Cl)c4)CC2C3)c1. The molecular weight excluding hydrogens is 467 g/mol. The number of aliphatic hydroxyl groups excluding tert-OH is 1. The van der Waals surface area contributed by atoms with Gasteiger partial charge in [0.15, 0.2) is 0 Å². The van der Waals surface area contributed by atoms with E-state index in [4.69, 9.17) is 11.6 Å². The molecule has 2 amide bonds. The number of carbonyl (C=O) groups excluding carboxylic acids is 1. The minimum absolute atomic E-state index is 0.00960. The molecule has 6 nitrogen and oxygen atoms in total. The number of hydrogen-bond acceptors (Lipinski definition) is 4. The van der Waals surface area contributed by atoms with Gasteiger partial charge in [0.2, 0.25) is 0 Å². The van der Waals surface area contributed by atoms with Gasteiger partial charge in [-0.25, -0.2) is 9.18 Å². The third-order valence-electron chi connectivity index (χ3n) is 8.22. The fourth-order valence-electron chi connectivity index (χ4n) is 6.12. The molecular formula is C27H34ClFN4O2. The molecule has 2 aromatic rings. The maximum absolute atomic E-state index is 13.6. The standard InChI is InChI=1S/C27H34ClFN4O2/c1-30-20-4-2-3-18(13-20)27-9-7-22(14-19(27)16-27)33(12-11-32-10-8-23(34)17-32)26(35)31-21-5-6-25(29)24(28)15-21/h2-6,13,15,19,22-23,30,34H,7-12,14,16-17H2,1H3,(H,31,35)/t19?,22-,23-,27+/m1/s1. The van der Waals surface area contributed by atoms with Crippen molar-refractivity contribution in [3.63, 3.8) is 0 Å². The molecule has 3 aliphatic rings. The van der Waals surface area contributed by atoms with Gasteiger partial charge in [-0.3, -0.25) is 4.90 Å². The van der Waals surface area contributed by atoms with Gasteiger partial charge < -0.3 is 20.6 Å². The number of β-amino-alcohol motifs (C(OH)–C–C–N with tert-alkyl or cyclic N) is 1. The molecule has 35 heavy (non-hydrogen) atoms. The summed E-state index contributed by atoms with van der Waals surface area (Å²) in [4.78, 5) is 17.6. The van der Waals surface area contributed by atoms with Crippen molar-refractivity contribution in [1.82, 2.24) is 9.80 Å². The maximum atomic E-state index is 13.6. The largest absolute Gasteiger partial charge is 0.392 e. The number of nitrogens with one attached hydrogen (secondary N) is 2. The fourth-order valence-corrected chi connectivity index (χ4v) is 6.30. The second-order valence-corrected chi connectivity index (χ2v) is 10.7. The molecule has 1 unspecified atom stereocenters. The van der Waals surface area contributed by atoms with E-state index in [1.807, 2.05) is 11.9 Å². The molecule has 1 saturated heterocycles. The maximum Gasteiger partial charge on any atom is 0.322 e. The van der Waals surface area contributed by atoms with Crippen LogP contribution in [-0.4, -0.2) is 66.3 Å². The fraction of sp³-hybridized carbons (Fsp3) is 0.519. The first-order valence-corrected chi connectivity index (χ1v) is 13.0. The van der Waals surface area contributed by atoms with E-state index in [2.05, 4.69) is 39.8 Å². The molecule has 1 heterocycles. The van der Waals surface area contributed by atoms with Crippen molar-refractivity contribution in [1.29, 1.82) is 0 Å². The molecule has 4 atom stereocenters. The number of likely N-dealkylation sites (tertiary alicyclic amines) is 1. The van der Waals surface area contributed by atoms with E-state index in [1.165, 1.54) is 23.8 Å². The third kappa shape index (κ3) is 5.13.